The number of carbonyl (C=O) groups excluding carboxylic acids is 2. The zero-order chi connectivity index (χ0) is 15.5. The maximum atomic E-state index is 11.6. The smallest absolute Gasteiger partial charge is 0.222 e. The molecule has 1 aromatic carbocycles. The zero-order valence-electron chi connectivity index (χ0n) is 12.3. The highest BCUT2D eigenvalue weighted by molar-refractivity contribution is 5.79. The first kappa shape index (κ1) is 17.1. The molecular weight excluding hydrogens is 270 g/mol. The lowest BCUT2D eigenvalue weighted by atomic mass is 10.2. The first-order valence-corrected chi connectivity index (χ1v) is 6.96. The van der Waals surface area contributed by atoms with E-state index >= 15 is 0 Å². The molecule has 4 N–H and O–H groups in total. The second kappa shape index (κ2) is 9.90. The van der Waals surface area contributed by atoms with Gasteiger partial charge < -0.3 is 21.1 Å². The van der Waals surface area contributed by atoms with Crippen molar-refractivity contribution in [3.63, 3.8) is 0 Å². The van der Waals surface area contributed by atoms with Crippen molar-refractivity contribution in [1.82, 2.24) is 10.6 Å². The van der Waals surface area contributed by atoms with E-state index in [4.69, 9.17) is 10.5 Å². The van der Waals surface area contributed by atoms with Gasteiger partial charge in [-0.2, -0.15) is 0 Å². The molecule has 0 saturated heterocycles. The van der Waals surface area contributed by atoms with Crippen LogP contribution >= 0.6 is 0 Å². The van der Waals surface area contributed by atoms with E-state index in [0.29, 0.717) is 19.6 Å². The molecule has 0 heterocycles. The second-order valence-corrected chi connectivity index (χ2v) is 4.66. The van der Waals surface area contributed by atoms with Gasteiger partial charge in [-0.3, -0.25) is 9.59 Å². The van der Waals surface area contributed by atoms with Gasteiger partial charge in [0.25, 0.3) is 0 Å². The topological polar surface area (TPSA) is 93.4 Å². The molecule has 1 rings (SSSR count). The lowest BCUT2D eigenvalue weighted by Gasteiger charge is -2.12. The summed E-state index contributed by atoms with van der Waals surface area (Å²) in [5.41, 5.74) is 6.48. The third kappa shape index (κ3) is 7.43. The molecule has 0 aliphatic heterocycles. The van der Waals surface area contributed by atoms with Crippen LogP contribution in [0, 0.1) is 0 Å². The van der Waals surface area contributed by atoms with E-state index in [2.05, 4.69) is 10.6 Å². The Kier molecular flexibility index (Phi) is 8.08. The average molecular weight is 293 g/mol. The quantitative estimate of drug-likeness (QED) is 0.605. The predicted molar refractivity (Wildman–Crippen MR) is 80.4 cm³/mol. The van der Waals surface area contributed by atoms with Crippen LogP contribution in [0.4, 0.5) is 0 Å². The van der Waals surface area contributed by atoms with Gasteiger partial charge in [0, 0.05) is 33.2 Å². The van der Waals surface area contributed by atoms with Gasteiger partial charge in [-0.05, 0) is 5.56 Å². The van der Waals surface area contributed by atoms with E-state index in [9.17, 15) is 9.59 Å². The van der Waals surface area contributed by atoms with Crippen molar-refractivity contribution in [2.45, 2.75) is 25.5 Å². The van der Waals surface area contributed by atoms with Crippen molar-refractivity contribution >= 4 is 11.8 Å². The summed E-state index contributed by atoms with van der Waals surface area (Å²) in [6.45, 7) is 1.09. The van der Waals surface area contributed by atoms with Crippen molar-refractivity contribution in [3.05, 3.63) is 35.9 Å². The first-order chi connectivity index (χ1) is 10.2. The Labute approximate surface area is 125 Å². The van der Waals surface area contributed by atoms with E-state index in [1.54, 1.807) is 0 Å². The van der Waals surface area contributed by atoms with Crippen LogP contribution in [0.1, 0.15) is 18.4 Å². The third-order valence-electron chi connectivity index (χ3n) is 3.02. The van der Waals surface area contributed by atoms with E-state index in [-0.39, 0.29) is 30.8 Å². The van der Waals surface area contributed by atoms with Gasteiger partial charge in [-0.15, -0.1) is 0 Å². The van der Waals surface area contributed by atoms with Crippen LogP contribution in [-0.2, 0) is 20.9 Å². The normalized spacial score (nSPS) is 11.7. The number of hydrogen-bond acceptors (Lipinski definition) is 4. The maximum absolute atomic E-state index is 11.6. The maximum Gasteiger partial charge on any atom is 0.222 e. The fourth-order valence-electron chi connectivity index (χ4n) is 1.74. The number of nitrogens with two attached hydrogens (primary N) is 1. The molecule has 21 heavy (non-hydrogen) atoms. The Morgan fingerprint density at radius 3 is 2.52 bits per heavy atom. The molecule has 0 fully saturated rings. The van der Waals surface area contributed by atoms with Crippen LogP contribution in [-0.4, -0.2) is 38.1 Å². The highest BCUT2D eigenvalue weighted by Gasteiger charge is 2.11. The number of methoxy groups -OCH3 is 1. The Hall–Kier alpha value is -1.92. The highest BCUT2D eigenvalue weighted by Crippen LogP contribution is 1.97. The summed E-state index contributed by atoms with van der Waals surface area (Å²) >= 11 is 0. The minimum absolute atomic E-state index is 0.0960. The van der Waals surface area contributed by atoms with Gasteiger partial charge in [0.15, 0.2) is 0 Å². The molecule has 1 atom stereocenters. The first-order valence-electron chi connectivity index (χ1n) is 6.96. The van der Waals surface area contributed by atoms with E-state index < -0.39 is 0 Å². The highest BCUT2D eigenvalue weighted by atomic mass is 16.5. The number of amides is 2. The number of ether oxygens (including phenoxy) is 1. The molecule has 1 aromatic rings. The van der Waals surface area contributed by atoms with Crippen molar-refractivity contribution in [2.24, 2.45) is 5.73 Å². The lowest BCUT2D eigenvalue weighted by molar-refractivity contribution is -0.123. The van der Waals surface area contributed by atoms with Crippen LogP contribution < -0.4 is 16.4 Å². The fraction of sp³-hybridized carbons (Fsp3) is 0.467. The third-order valence-corrected chi connectivity index (χ3v) is 3.02. The summed E-state index contributed by atoms with van der Waals surface area (Å²) < 4.78 is 5.02. The minimum atomic E-state index is -0.281. The SMILES string of the molecule is COC(CN)CC(=O)NCCC(=O)NCc1ccccc1. The number of carbonyl (C=O) groups is 2. The molecule has 0 spiro atoms. The molecule has 0 aliphatic rings. The number of hydrogen-bond donors (Lipinski definition) is 3. The van der Waals surface area contributed by atoms with Crippen molar-refractivity contribution in [2.75, 3.05) is 20.2 Å². The van der Waals surface area contributed by atoms with Gasteiger partial charge in [0.2, 0.25) is 11.8 Å². The molecule has 0 aromatic heterocycles. The monoisotopic (exact) mass is 293 g/mol. The second-order valence-electron chi connectivity index (χ2n) is 4.66. The van der Waals surface area contributed by atoms with Gasteiger partial charge in [0.05, 0.1) is 12.5 Å². The summed E-state index contributed by atoms with van der Waals surface area (Å²) in [6, 6.07) is 9.66. The number of rotatable bonds is 9. The van der Waals surface area contributed by atoms with Crippen LogP contribution in [0.25, 0.3) is 0 Å². The Morgan fingerprint density at radius 1 is 1.19 bits per heavy atom. The number of benzene rings is 1. The van der Waals surface area contributed by atoms with Crippen LogP contribution in [0.5, 0.6) is 0 Å². The summed E-state index contributed by atoms with van der Waals surface area (Å²) in [7, 11) is 1.52. The van der Waals surface area contributed by atoms with Crippen LogP contribution in [0.2, 0.25) is 0 Å². The molecule has 6 nitrogen and oxygen atoms in total. The molecule has 1 unspecified atom stereocenters. The average Bonchev–Trinajstić information content (AvgIpc) is 2.51. The van der Waals surface area contributed by atoms with Crippen LogP contribution in [0.15, 0.2) is 30.3 Å². The molecule has 0 saturated carbocycles. The van der Waals surface area contributed by atoms with E-state index in [1.165, 1.54) is 7.11 Å². The molecule has 116 valence electrons. The van der Waals surface area contributed by atoms with Crippen molar-refractivity contribution in [3.8, 4) is 0 Å². The Bertz CT molecular complexity index is 433. The zero-order valence-corrected chi connectivity index (χ0v) is 12.3. The van der Waals surface area contributed by atoms with Crippen molar-refractivity contribution in [1.29, 1.82) is 0 Å². The summed E-state index contributed by atoms with van der Waals surface area (Å²) in [4.78, 5) is 23.2. The lowest BCUT2D eigenvalue weighted by Crippen LogP contribution is -2.34. The van der Waals surface area contributed by atoms with Gasteiger partial charge >= 0.3 is 0 Å². The molecular formula is C15H23N3O3. The van der Waals surface area contributed by atoms with Crippen molar-refractivity contribution < 1.29 is 14.3 Å². The minimum Gasteiger partial charge on any atom is -0.380 e. The van der Waals surface area contributed by atoms with E-state index in [0.717, 1.165) is 5.56 Å². The largest absolute Gasteiger partial charge is 0.380 e. The van der Waals surface area contributed by atoms with E-state index in [1.807, 2.05) is 30.3 Å². The molecule has 0 aliphatic carbocycles. The summed E-state index contributed by atoms with van der Waals surface area (Å²) in [5, 5.41) is 5.48. The predicted octanol–water partition coefficient (Wildman–Crippen LogP) is 0.173. The number of nitrogens with one attached hydrogen (secondary N) is 2. The van der Waals surface area contributed by atoms with Gasteiger partial charge in [-0.1, -0.05) is 30.3 Å². The fourth-order valence-corrected chi connectivity index (χ4v) is 1.74. The molecule has 0 radical (unpaired) electrons. The molecule has 2 amide bonds. The van der Waals surface area contributed by atoms with Gasteiger partial charge in [-0.25, -0.2) is 0 Å². The Morgan fingerprint density at radius 2 is 1.90 bits per heavy atom. The standard InChI is InChI=1S/C15H23N3O3/c1-21-13(10-16)9-15(20)17-8-7-14(19)18-11-12-5-3-2-4-6-12/h2-6,13H,7-11,16H2,1H3,(H,17,20)(H,18,19). The van der Waals surface area contributed by atoms with Gasteiger partial charge in [0.1, 0.15) is 0 Å². The molecule has 0 bridgehead atoms. The summed E-state index contributed by atoms with van der Waals surface area (Å²) in [5.74, 6) is -0.260. The Balaban J connectivity index is 2.14. The van der Waals surface area contributed by atoms with Crippen LogP contribution in [0.3, 0.4) is 0 Å². The molecule has 6 heteroatoms. The summed E-state index contributed by atoms with van der Waals surface area (Å²) in [6.07, 6.45) is 0.175.